The number of benzene rings is 5. The van der Waals surface area contributed by atoms with Crippen LogP contribution in [0, 0.1) is 0 Å². The third-order valence-electron chi connectivity index (χ3n) is 7.90. The van der Waals surface area contributed by atoms with Crippen molar-refractivity contribution in [3.05, 3.63) is 146 Å². The lowest BCUT2D eigenvalue weighted by Gasteiger charge is -2.20. The van der Waals surface area contributed by atoms with E-state index in [4.69, 9.17) is 9.97 Å². The number of nitrogens with zero attached hydrogens (tertiary/aromatic N) is 3. The Bertz CT molecular complexity index is 2230. The molecule has 4 nitrogen and oxygen atoms in total. The highest BCUT2D eigenvalue weighted by Gasteiger charge is 2.30. The molecule has 0 amide bonds. The Hall–Kier alpha value is -5.05. The second-order valence-electron chi connectivity index (χ2n) is 10.2. The molecule has 0 unspecified atom stereocenters. The van der Waals surface area contributed by atoms with E-state index in [1.807, 2.05) is 78.9 Å². The smallest absolute Gasteiger partial charge is 0.172 e. The van der Waals surface area contributed by atoms with Crippen LogP contribution in [0.25, 0.3) is 49.6 Å². The van der Waals surface area contributed by atoms with Gasteiger partial charge < -0.3 is 4.57 Å². The van der Waals surface area contributed by atoms with Crippen molar-refractivity contribution in [2.75, 3.05) is 0 Å². The highest BCUT2D eigenvalue weighted by atomic mass is 31.2. The molecule has 5 heteroatoms. The van der Waals surface area contributed by atoms with Crippen molar-refractivity contribution in [1.29, 1.82) is 0 Å². The van der Waals surface area contributed by atoms with Gasteiger partial charge >= 0.3 is 0 Å². The first-order chi connectivity index (χ1) is 20.2. The molecule has 41 heavy (non-hydrogen) atoms. The highest BCUT2D eigenvalue weighted by molar-refractivity contribution is 7.85. The van der Waals surface area contributed by atoms with Gasteiger partial charge in [-0.2, -0.15) is 0 Å². The standard InChI is InChI=1S/C36H24N3OP/c40-41(26-11-3-1-4-12-26,27-13-5-2-6-14-27)28-20-22-32(37-24-28)25-19-21-30-31(23-25)29-15-7-9-17-34(29)39-35-18-10-8-16-33(35)38-36(30)39/h1-24H. The van der Waals surface area contributed by atoms with Crippen LogP contribution in [0.4, 0.5) is 0 Å². The van der Waals surface area contributed by atoms with E-state index in [1.165, 1.54) is 0 Å². The molecule has 8 aromatic rings. The minimum Gasteiger partial charge on any atom is -0.309 e. The maximum atomic E-state index is 14.7. The molecule has 0 saturated heterocycles. The SMILES string of the molecule is O=P(c1ccccc1)(c1ccccc1)c1ccc(-c2ccc3c(c2)c2ccccc2n2c4ccccc4nc32)nc1. The van der Waals surface area contributed by atoms with Crippen LogP contribution in [0.15, 0.2) is 146 Å². The highest BCUT2D eigenvalue weighted by Crippen LogP contribution is 2.42. The molecule has 8 rings (SSSR count). The van der Waals surface area contributed by atoms with Gasteiger partial charge in [0.25, 0.3) is 0 Å². The molecule has 0 fully saturated rings. The minimum absolute atomic E-state index is 0.718. The molecule has 0 aliphatic rings. The predicted octanol–water partition coefficient (Wildman–Crippen LogP) is 7.50. The topological polar surface area (TPSA) is 47.3 Å². The van der Waals surface area contributed by atoms with Gasteiger partial charge in [-0.1, -0.05) is 97.1 Å². The van der Waals surface area contributed by atoms with Gasteiger partial charge in [0.15, 0.2) is 7.14 Å². The summed E-state index contributed by atoms with van der Waals surface area (Å²) in [6, 6.07) is 46.6. The molecule has 0 atom stereocenters. The van der Waals surface area contributed by atoms with Crippen LogP contribution in [0.1, 0.15) is 0 Å². The Balaban J connectivity index is 1.30. The van der Waals surface area contributed by atoms with Gasteiger partial charge in [0.1, 0.15) is 5.65 Å². The number of pyridine rings is 2. The number of aromatic nitrogens is 3. The molecule has 3 aromatic heterocycles. The second kappa shape index (κ2) is 9.26. The maximum absolute atomic E-state index is 14.7. The summed E-state index contributed by atoms with van der Waals surface area (Å²) in [7, 11) is -3.08. The van der Waals surface area contributed by atoms with E-state index in [-0.39, 0.29) is 0 Å². The van der Waals surface area contributed by atoms with Crippen LogP contribution in [0.3, 0.4) is 0 Å². The first-order valence-electron chi connectivity index (χ1n) is 13.6. The zero-order valence-corrected chi connectivity index (χ0v) is 22.9. The van der Waals surface area contributed by atoms with Crippen LogP contribution < -0.4 is 15.9 Å². The van der Waals surface area contributed by atoms with Crippen LogP contribution in [-0.4, -0.2) is 14.4 Å². The summed E-state index contributed by atoms with van der Waals surface area (Å²) >= 11 is 0. The van der Waals surface area contributed by atoms with E-state index in [2.05, 4.69) is 65.1 Å². The lowest BCUT2D eigenvalue weighted by Crippen LogP contribution is -2.25. The van der Waals surface area contributed by atoms with E-state index in [0.29, 0.717) is 0 Å². The fourth-order valence-corrected chi connectivity index (χ4v) is 8.52. The molecular formula is C36H24N3OP. The molecule has 194 valence electrons. The molecule has 0 aliphatic carbocycles. The normalized spacial score (nSPS) is 12.0. The van der Waals surface area contributed by atoms with Crippen molar-refractivity contribution in [2.45, 2.75) is 0 Å². The third-order valence-corrected chi connectivity index (χ3v) is 10.9. The van der Waals surface area contributed by atoms with Gasteiger partial charge in [0, 0.05) is 38.4 Å². The van der Waals surface area contributed by atoms with Crippen LogP contribution in [0.5, 0.6) is 0 Å². The van der Waals surface area contributed by atoms with E-state index < -0.39 is 7.14 Å². The zero-order chi connectivity index (χ0) is 27.4. The molecule has 0 saturated carbocycles. The largest absolute Gasteiger partial charge is 0.309 e. The Morgan fingerprint density at radius 3 is 1.90 bits per heavy atom. The van der Waals surface area contributed by atoms with Gasteiger partial charge in [0.05, 0.1) is 22.2 Å². The number of hydrogen-bond acceptors (Lipinski definition) is 3. The van der Waals surface area contributed by atoms with Crippen molar-refractivity contribution in [3.63, 3.8) is 0 Å². The summed E-state index contributed by atoms with van der Waals surface area (Å²) in [5.74, 6) is 0. The van der Waals surface area contributed by atoms with Crippen LogP contribution in [-0.2, 0) is 4.57 Å². The Kier molecular flexibility index (Phi) is 5.38. The molecule has 0 radical (unpaired) electrons. The minimum atomic E-state index is -3.08. The van der Waals surface area contributed by atoms with E-state index in [9.17, 15) is 4.57 Å². The lowest BCUT2D eigenvalue weighted by atomic mass is 10.0. The molecular weight excluding hydrogens is 521 g/mol. The fourth-order valence-electron chi connectivity index (χ4n) is 5.93. The lowest BCUT2D eigenvalue weighted by molar-refractivity contribution is 0.592. The Labute approximate surface area is 236 Å². The predicted molar refractivity (Wildman–Crippen MR) is 170 cm³/mol. The maximum Gasteiger partial charge on any atom is 0.172 e. The fraction of sp³-hybridized carbons (Fsp3) is 0. The monoisotopic (exact) mass is 545 g/mol. The van der Waals surface area contributed by atoms with Crippen molar-refractivity contribution in [3.8, 4) is 11.3 Å². The average molecular weight is 546 g/mol. The Morgan fingerprint density at radius 2 is 1.20 bits per heavy atom. The number of fused-ring (bicyclic) bond motifs is 8. The summed E-state index contributed by atoms with van der Waals surface area (Å²) in [5.41, 5.74) is 5.98. The number of imidazole rings is 1. The third kappa shape index (κ3) is 3.65. The van der Waals surface area contributed by atoms with E-state index in [1.54, 1.807) is 6.20 Å². The summed E-state index contributed by atoms with van der Waals surface area (Å²) in [6.45, 7) is 0. The second-order valence-corrected chi connectivity index (χ2v) is 13.0. The van der Waals surface area contributed by atoms with Crippen molar-refractivity contribution >= 4 is 61.4 Å². The summed E-state index contributed by atoms with van der Waals surface area (Å²) < 4.78 is 17.0. The van der Waals surface area contributed by atoms with Gasteiger partial charge in [-0.3, -0.25) is 9.38 Å². The Morgan fingerprint density at radius 1 is 0.537 bits per heavy atom. The molecule has 0 spiro atoms. The van der Waals surface area contributed by atoms with Crippen molar-refractivity contribution in [2.24, 2.45) is 0 Å². The molecule has 0 bridgehead atoms. The van der Waals surface area contributed by atoms with Crippen molar-refractivity contribution in [1.82, 2.24) is 14.4 Å². The van der Waals surface area contributed by atoms with Crippen LogP contribution in [0.2, 0.25) is 0 Å². The number of hydrogen-bond donors (Lipinski definition) is 0. The van der Waals surface area contributed by atoms with E-state index >= 15 is 0 Å². The number of rotatable bonds is 4. The first-order valence-corrected chi connectivity index (χ1v) is 15.3. The zero-order valence-electron chi connectivity index (χ0n) is 22.1. The number of para-hydroxylation sites is 3. The molecule has 0 aliphatic heterocycles. The van der Waals surface area contributed by atoms with Gasteiger partial charge in [-0.05, 0) is 47.9 Å². The molecule has 3 heterocycles. The summed E-state index contributed by atoms with van der Waals surface area (Å²) in [6.07, 6.45) is 1.78. The van der Waals surface area contributed by atoms with Gasteiger partial charge in [-0.15, -0.1) is 0 Å². The summed E-state index contributed by atoms with van der Waals surface area (Å²) in [5, 5.41) is 5.71. The van der Waals surface area contributed by atoms with Gasteiger partial charge in [-0.25, -0.2) is 4.98 Å². The van der Waals surface area contributed by atoms with E-state index in [0.717, 1.165) is 65.5 Å². The quantitative estimate of drug-likeness (QED) is 0.170. The molecule has 0 N–H and O–H groups in total. The average Bonchev–Trinajstić information content (AvgIpc) is 3.45. The summed E-state index contributed by atoms with van der Waals surface area (Å²) in [4.78, 5) is 9.87. The van der Waals surface area contributed by atoms with Gasteiger partial charge in [0.2, 0.25) is 0 Å². The van der Waals surface area contributed by atoms with Crippen LogP contribution >= 0.6 is 7.14 Å². The molecule has 5 aromatic carbocycles. The first kappa shape index (κ1) is 23.8. The van der Waals surface area contributed by atoms with Crippen molar-refractivity contribution < 1.29 is 4.57 Å².